The van der Waals surface area contributed by atoms with Crippen LogP contribution in [0.1, 0.15) is 58.6 Å². The van der Waals surface area contributed by atoms with Crippen LogP contribution < -0.4 is 10.1 Å². The van der Waals surface area contributed by atoms with Crippen LogP contribution in [0.25, 0.3) is 22.3 Å². The number of nitrogens with one attached hydrogen (secondary N) is 2. The Morgan fingerprint density at radius 3 is 2.23 bits per heavy atom. The lowest BCUT2D eigenvalue weighted by molar-refractivity contribution is -0.126. The fourth-order valence-electron chi connectivity index (χ4n) is 9.20. The number of unbranched alkanes of at least 4 members (excludes halogenated alkanes) is 1. The molecule has 374 valence electrons. The summed E-state index contributed by atoms with van der Waals surface area (Å²) in [5.74, 6) is 1.05. The van der Waals surface area contributed by atoms with Gasteiger partial charge in [0.15, 0.2) is 5.82 Å². The number of methoxy groups -OCH3 is 1. The minimum Gasteiger partial charge on any atom is -0.494 e. The van der Waals surface area contributed by atoms with Crippen LogP contribution in [0.3, 0.4) is 0 Å². The van der Waals surface area contributed by atoms with Gasteiger partial charge in [-0.2, -0.15) is 9.94 Å². The minimum absolute atomic E-state index is 0.00261. The first-order chi connectivity index (χ1) is 34.3. The number of pyridine rings is 1. The summed E-state index contributed by atoms with van der Waals surface area (Å²) in [7, 11) is 1.45. The fraction of sp³-hybridized carbons (Fsp3) is 0.540. The molecule has 0 aliphatic carbocycles. The summed E-state index contributed by atoms with van der Waals surface area (Å²) in [6.45, 7) is 12.1. The van der Waals surface area contributed by atoms with Crippen molar-refractivity contribution in [2.24, 2.45) is 0 Å². The Balaban J connectivity index is 0.821. The van der Waals surface area contributed by atoms with E-state index in [1.807, 2.05) is 30.3 Å². The number of H-pyrrole nitrogens is 1. The molecule has 0 unspecified atom stereocenters. The van der Waals surface area contributed by atoms with Crippen molar-refractivity contribution in [1.82, 2.24) is 49.6 Å². The lowest BCUT2D eigenvalue weighted by atomic mass is 9.93. The molecule has 4 aromatic rings. The molecule has 0 spiro atoms. The van der Waals surface area contributed by atoms with Crippen LogP contribution in [-0.4, -0.2) is 211 Å². The first-order valence-corrected chi connectivity index (χ1v) is 24.1. The van der Waals surface area contributed by atoms with Crippen molar-refractivity contribution < 1.29 is 43.2 Å². The van der Waals surface area contributed by atoms with Gasteiger partial charge in [0.05, 0.1) is 94.3 Å². The maximum atomic E-state index is 13.8. The molecule has 20 heteroatoms. The van der Waals surface area contributed by atoms with Crippen molar-refractivity contribution in [3.8, 4) is 30.0 Å². The highest BCUT2D eigenvalue weighted by Gasteiger charge is 2.34. The largest absolute Gasteiger partial charge is 0.494 e. The van der Waals surface area contributed by atoms with E-state index >= 15 is 0 Å². The van der Waals surface area contributed by atoms with Crippen molar-refractivity contribution in [3.63, 3.8) is 0 Å². The summed E-state index contributed by atoms with van der Waals surface area (Å²) in [5.41, 5.74) is 2.87. The predicted molar refractivity (Wildman–Crippen MR) is 259 cm³/mol. The van der Waals surface area contributed by atoms with Gasteiger partial charge in [0, 0.05) is 70.6 Å². The molecule has 1 aromatic carbocycles. The van der Waals surface area contributed by atoms with Gasteiger partial charge >= 0.3 is 0 Å². The number of piperidine rings is 1. The van der Waals surface area contributed by atoms with Gasteiger partial charge in [0.1, 0.15) is 18.7 Å². The number of piperazine rings is 1. The number of benzene rings is 1. The van der Waals surface area contributed by atoms with Gasteiger partial charge in [-0.1, -0.05) is 36.3 Å². The van der Waals surface area contributed by atoms with E-state index in [1.165, 1.54) is 35.4 Å². The number of carbonyl (C=O) groups is 3. The molecule has 3 aromatic heterocycles. The second-order valence-corrected chi connectivity index (χ2v) is 17.4. The number of allylic oxidation sites excluding steroid dienone is 1. The van der Waals surface area contributed by atoms with Crippen LogP contribution in [0.5, 0.6) is 5.75 Å². The van der Waals surface area contributed by atoms with E-state index < -0.39 is 17.6 Å². The highest BCUT2D eigenvalue weighted by molar-refractivity contribution is 6.45. The van der Waals surface area contributed by atoms with Gasteiger partial charge in [0.25, 0.3) is 17.6 Å². The number of fused-ring (bicyclic) bond motifs is 1. The van der Waals surface area contributed by atoms with Crippen molar-refractivity contribution in [2.45, 2.75) is 44.2 Å². The molecule has 3 N–H and O–H groups in total. The molecule has 7 rings (SSSR count). The van der Waals surface area contributed by atoms with E-state index in [9.17, 15) is 24.8 Å². The number of rotatable bonds is 26. The third-order valence-electron chi connectivity index (χ3n) is 13.0. The fourth-order valence-corrected chi connectivity index (χ4v) is 9.20. The second-order valence-electron chi connectivity index (χ2n) is 17.4. The predicted octanol–water partition coefficient (Wildman–Crippen LogP) is 2.20. The summed E-state index contributed by atoms with van der Waals surface area (Å²) < 4.78 is 28.8. The molecular weight excluding hydrogens is 899 g/mol. The number of Topliss-reactive ketones (excluding diaryl/α,β-unsaturated/α-hetero) is 1. The molecule has 3 aliphatic heterocycles. The molecule has 3 saturated heterocycles. The van der Waals surface area contributed by atoms with Gasteiger partial charge in [-0.3, -0.25) is 24.2 Å². The van der Waals surface area contributed by atoms with Crippen molar-refractivity contribution in [2.75, 3.05) is 132 Å². The lowest BCUT2D eigenvalue weighted by Crippen LogP contribution is -2.47. The van der Waals surface area contributed by atoms with Gasteiger partial charge in [0.2, 0.25) is 5.82 Å². The Kier molecular flexibility index (Phi) is 19.8. The third kappa shape index (κ3) is 13.8. The number of aliphatic hydroxyl groups is 1. The molecular formula is C50H65N11O9. The molecule has 70 heavy (non-hydrogen) atoms. The van der Waals surface area contributed by atoms with Crippen molar-refractivity contribution in [3.05, 3.63) is 71.6 Å². The van der Waals surface area contributed by atoms with E-state index in [4.69, 9.17) is 30.1 Å². The summed E-state index contributed by atoms with van der Waals surface area (Å²) >= 11 is 0. The highest BCUT2D eigenvalue weighted by Crippen LogP contribution is 2.33. The Morgan fingerprint density at radius 1 is 0.886 bits per heavy atom. The molecule has 3 fully saturated rings. The Morgan fingerprint density at radius 2 is 1.56 bits per heavy atom. The molecule has 2 amide bonds. The molecule has 2 atom stereocenters. The number of aromatic nitrogens is 5. The molecule has 6 heterocycles. The standard InChI is InChI=1S/C50H65N11O9/c1-3-22-67-24-26-69-28-29-70-27-25-68-23-21-58-19-17-57(18-20-58)13-7-8-14-60-34-39(30-40(60)35-62)55-49(64)47-54-36-61(56-47)48-45-44(43(66-2)33-53-48)42(32-52-45)46(63)50(65)59-15-11-38(12-16-59)41(31-51)37-9-5-4-6-10-37/h1,4-6,9-10,32-33,36,39-40,52,62H,7-8,11-30,34-35H2,2H3,(H,55,64)/t39-,40-/m0/s1. The number of amides is 2. The van der Waals surface area contributed by atoms with Gasteiger partial charge in [-0.15, -0.1) is 11.5 Å². The van der Waals surface area contributed by atoms with E-state index in [0.29, 0.717) is 108 Å². The minimum atomic E-state index is -0.715. The number of hydrogen-bond acceptors (Lipinski definition) is 16. The number of nitriles is 1. The van der Waals surface area contributed by atoms with Crippen LogP contribution in [0.15, 0.2) is 54.6 Å². The monoisotopic (exact) mass is 963 g/mol. The number of ketones is 1. The quantitative estimate of drug-likeness (QED) is 0.0270. The van der Waals surface area contributed by atoms with Gasteiger partial charge < -0.3 is 48.9 Å². The van der Waals surface area contributed by atoms with E-state index in [-0.39, 0.29) is 41.6 Å². The van der Waals surface area contributed by atoms with E-state index in [2.05, 4.69) is 52.1 Å². The number of nitrogens with zero attached hydrogens (tertiary/aromatic N) is 9. The van der Waals surface area contributed by atoms with E-state index in [1.54, 1.807) is 0 Å². The smallest absolute Gasteiger partial charge is 0.295 e. The van der Waals surface area contributed by atoms with E-state index in [0.717, 1.165) is 69.8 Å². The first kappa shape index (κ1) is 51.8. The zero-order valence-corrected chi connectivity index (χ0v) is 40.1. The first-order valence-electron chi connectivity index (χ1n) is 24.1. The van der Waals surface area contributed by atoms with Crippen LogP contribution >= 0.6 is 0 Å². The molecule has 0 bridgehead atoms. The highest BCUT2D eigenvalue weighted by atomic mass is 16.6. The zero-order chi connectivity index (χ0) is 49.1. The maximum absolute atomic E-state index is 13.8. The zero-order valence-electron chi connectivity index (χ0n) is 40.1. The van der Waals surface area contributed by atoms with Crippen molar-refractivity contribution >= 4 is 34.1 Å². The number of ether oxygens (including phenoxy) is 5. The Hall–Kier alpha value is -6.07. The lowest BCUT2D eigenvalue weighted by Gasteiger charge is -2.34. The average molecular weight is 964 g/mol. The SMILES string of the molecule is C#CCOCCOCCOCCOCCN1CCN(CCCCN2C[C@@H](NC(=O)c3ncn(-c4ncc(OC)c5c(C(=O)C(=O)N6CCC(=C(C#N)c7ccccc7)CC6)c[nH]c45)n3)C[C@H]2CO)CC1. The van der Waals surface area contributed by atoms with Crippen LogP contribution in [0, 0.1) is 23.7 Å². The normalized spacial score (nSPS) is 17.9. The van der Waals surface area contributed by atoms with Crippen LogP contribution in [0.2, 0.25) is 0 Å². The Labute approximate surface area is 408 Å². The van der Waals surface area contributed by atoms with Crippen LogP contribution in [0.4, 0.5) is 0 Å². The van der Waals surface area contributed by atoms with Crippen molar-refractivity contribution in [1.29, 1.82) is 5.26 Å². The molecule has 20 nitrogen and oxygen atoms in total. The number of terminal acetylenes is 1. The molecule has 3 aliphatic rings. The summed E-state index contributed by atoms with van der Waals surface area (Å²) in [4.78, 5) is 61.5. The summed E-state index contributed by atoms with van der Waals surface area (Å²) in [6, 6.07) is 11.5. The maximum Gasteiger partial charge on any atom is 0.295 e. The van der Waals surface area contributed by atoms with Crippen LogP contribution in [-0.2, 0) is 23.7 Å². The number of hydrogen-bond donors (Lipinski definition) is 3. The molecule has 0 radical (unpaired) electrons. The number of aliphatic hydroxyl groups excluding tert-OH is 1. The third-order valence-corrected chi connectivity index (χ3v) is 13.0. The summed E-state index contributed by atoms with van der Waals surface area (Å²) in [6.07, 6.45) is 13.0. The number of carbonyl (C=O) groups excluding carboxylic acids is 3. The number of likely N-dealkylation sites (tertiary alicyclic amines) is 2. The number of aromatic amines is 1. The Bertz CT molecular complexity index is 2450. The average Bonchev–Trinajstić information content (AvgIpc) is 4.17. The molecule has 0 saturated carbocycles. The van der Waals surface area contributed by atoms with Gasteiger partial charge in [-0.05, 0) is 56.3 Å². The topological polar surface area (TPSA) is 226 Å². The second kappa shape index (κ2) is 26.8. The van der Waals surface area contributed by atoms with Gasteiger partial charge in [-0.25, -0.2) is 9.97 Å². The summed E-state index contributed by atoms with van der Waals surface area (Å²) in [5, 5.41) is 28.0.